The quantitative estimate of drug-likeness (QED) is 0.819. The van der Waals surface area contributed by atoms with Gasteiger partial charge in [-0.2, -0.15) is 0 Å². The molecule has 0 bridgehead atoms. The lowest BCUT2D eigenvalue weighted by Crippen LogP contribution is -2.37. The molecule has 1 atom stereocenters. The molecule has 5 nitrogen and oxygen atoms in total. The molecule has 1 aromatic carbocycles. The van der Waals surface area contributed by atoms with Gasteiger partial charge in [0.15, 0.2) is 0 Å². The Balaban J connectivity index is 2.19. The zero-order valence-corrected chi connectivity index (χ0v) is 11.7. The molecule has 1 aromatic rings. The average molecular weight is 280 g/mol. The van der Waals surface area contributed by atoms with Crippen LogP contribution >= 0.6 is 11.8 Å². The maximum Gasteiger partial charge on any atom is 0.339 e. The largest absolute Gasteiger partial charge is 0.465 e. The number of rotatable bonds is 3. The van der Waals surface area contributed by atoms with Gasteiger partial charge in [-0.15, -0.1) is 11.8 Å². The lowest BCUT2D eigenvalue weighted by atomic mass is 10.1. The van der Waals surface area contributed by atoms with Crippen molar-refractivity contribution in [1.82, 2.24) is 5.32 Å². The molecule has 1 aliphatic heterocycles. The van der Waals surface area contributed by atoms with Gasteiger partial charge < -0.3 is 10.1 Å². The van der Waals surface area contributed by atoms with Crippen LogP contribution in [0, 0.1) is 6.92 Å². The van der Waals surface area contributed by atoms with Gasteiger partial charge in [-0.05, 0) is 19.1 Å². The Bertz CT molecular complexity index is 499. The topological polar surface area (TPSA) is 67.4 Å². The van der Waals surface area contributed by atoms with Crippen molar-refractivity contribution in [2.24, 2.45) is 0 Å². The predicted molar refractivity (Wildman–Crippen MR) is 75.4 cm³/mol. The van der Waals surface area contributed by atoms with Crippen molar-refractivity contribution in [2.75, 3.05) is 24.1 Å². The van der Waals surface area contributed by atoms with Gasteiger partial charge >= 0.3 is 5.97 Å². The molecule has 1 fully saturated rings. The first-order valence-electron chi connectivity index (χ1n) is 5.93. The molecule has 0 radical (unpaired) electrons. The van der Waals surface area contributed by atoms with E-state index in [0.717, 1.165) is 17.2 Å². The Morgan fingerprint density at radius 2 is 2.26 bits per heavy atom. The number of amides is 1. The summed E-state index contributed by atoms with van der Waals surface area (Å²) in [6.45, 7) is 1.88. The Morgan fingerprint density at radius 1 is 1.47 bits per heavy atom. The van der Waals surface area contributed by atoms with E-state index in [1.165, 1.54) is 7.11 Å². The van der Waals surface area contributed by atoms with Gasteiger partial charge in [-0.25, -0.2) is 4.79 Å². The van der Waals surface area contributed by atoms with E-state index in [-0.39, 0.29) is 11.9 Å². The summed E-state index contributed by atoms with van der Waals surface area (Å²) in [7, 11) is 1.32. The number of hydrogen-bond donors (Lipinski definition) is 2. The van der Waals surface area contributed by atoms with Crippen LogP contribution in [-0.2, 0) is 9.53 Å². The lowest BCUT2D eigenvalue weighted by Gasteiger charge is -2.13. The number of esters is 1. The molecule has 1 heterocycles. The zero-order valence-electron chi connectivity index (χ0n) is 10.9. The van der Waals surface area contributed by atoms with Crippen molar-refractivity contribution in [3.63, 3.8) is 0 Å². The summed E-state index contributed by atoms with van der Waals surface area (Å²) in [6.07, 6.45) is 0. The molecule has 1 unspecified atom stereocenters. The summed E-state index contributed by atoms with van der Waals surface area (Å²) < 4.78 is 4.73. The molecule has 19 heavy (non-hydrogen) atoms. The number of benzene rings is 1. The molecule has 0 saturated carbocycles. The fraction of sp³-hybridized carbons (Fsp3) is 0.385. The summed E-state index contributed by atoms with van der Waals surface area (Å²) in [5.74, 6) is 0.938. The fourth-order valence-electron chi connectivity index (χ4n) is 1.83. The van der Waals surface area contributed by atoms with E-state index in [1.54, 1.807) is 23.9 Å². The first-order chi connectivity index (χ1) is 9.11. The molecule has 1 saturated heterocycles. The van der Waals surface area contributed by atoms with E-state index in [1.807, 2.05) is 13.0 Å². The molecule has 0 aliphatic carbocycles. The van der Waals surface area contributed by atoms with Crippen molar-refractivity contribution in [3.05, 3.63) is 29.3 Å². The van der Waals surface area contributed by atoms with E-state index in [0.29, 0.717) is 11.3 Å². The molecular weight excluding hydrogens is 264 g/mol. The van der Waals surface area contributed by atoms with E-state index in [4.69, 9.17) is 4.74 Å². The molecular formula is C13H16N2O3S. The van der Waals surface area contributed by atoms with Crippen molar-refractivity contribution < 1.29 is 14.3 Å². The number of nitrogens with one attached hydrogen (secondary N) is 2. The number of hydrogen-bond acceptors (Lipinski definition) is 5. The first kappa shape index (κ1) is 13.9. The van der Waals surface area contributed by atoms with Crippen LogP contribution in [0.5, 0.6) is 0 Å². The Hall–Kier alpha value is -1.53. The van der Waals surface area contributed by atoms with Gasteiger partial charge in [0.25, 0.3) is 0 Å². The third kappa shape index (κ3) is 3.27. The van der Waals surface area contributed by atoms with E-state index in [2.05, 4.69) is 10.6 Å². The van der Waals surface area contributed by atoms with Gasteiger partial charge in [0, 0.05) is 11.6 Å². The van der Waals surface area contributed by atoms with Crippen molar-refractivity contribution in [1.29, 1.82) is 0 Å². The summed E-state index contributed by atoms with van der Waals surface area (Å²) >= 11 is 1.67. The maximum absolute atomic E-state index is 12.0. The zero-order chi connectivity index (χ0) is 13.8. The Labute approximate surface area is 116 Å². The third-order valence-electron chi connectivity index (χ3n) is 2.87. The van der Waals surface area contributed by atoms with Crippen molar-refractivity contribution >= 4 is 29.3 Å². The second-order valence-corrected chi connectivity index (χ2v) is 5.33. The summed E-state index contributed by atoms with van der Waals surface area (Å²) in [4.78, 5) is 23.7. The SMILES string of the molecule is COC(=O)c1cc(C)ccc1NC(=O)C1CSCN1. The highest BCUT2D eigenvalue weighted by Gasteiger charge is 2.24. The highest BCUT2D eigenvalue weighted by molar-refractivity contribution is 7.99. The number of aryl methyl sites for hydroxylation is 1. The van der Waals surface area contributed by atoms with Gasteiger partial charge in [-0.1, -0.05) is 11.6 Å². The molecule has 102 valence electrons. The molecule has 1 amide bonds. The number of thioether (sulfide) groups is 1. The lowest BCUT2D eigenvalue weighted by molar-refractivity contribution is -0.117. The highest BCUT2D eigenvalue weighted by Crippen LogP contribution is 2.20. The molecule has 2 N–H and O–H groups in total. The van der Waals surface area contributed by atoms with Gasteiger partial charge in [0.05, 0.1) is 24.4 Å². The molecule has 6 heteroatoms. The van der Waals surface area contributed by atoms with Crippen LogP contribution in [0.1, 0.15) is 15.9 Å². The normalized spacial score (nSPS) is 18.1. The number of methoxy groups -OCH3 is 1. The minimum absolute atomic E-state index is 0.126. The summed E-state index contributed by atoms with van der Waals surface area (Å²) in [6, 6.07) is 5.07. The van der Waals surface area contributed by atoms with Crippen LogP contribution in [-0.4, -0.2) is 36.7 Å². The number of anilines is 1. The van der Waals surface area contributed by atoms with Crippen molar-refractivity contribution in [2.45, 2.75) is 13.0 Å². The van der Waals surface area contributed by atoms with Crippen LogP contribution < -0.4 is 10.6 Å². The Morgan fingerprint density at radius 3 is 2.89 bits per heavy atom. The van der Waals surface area contributed by atoms with Gasteiger partial charge in [0.2, 0.25) is 5.91 Å². The van der Waals surface area contributed by atoms with Crippen molar-refractivity contribution in [3.8, 4) is 0 Å². The predicted octanol–water partition coefficient (Wildman–Crippen LogP) is 1.38. The van der Waals surface area contributed by atoms with E-state index < -0.39 is 5.97 Å². The van der Waals surface area contributed by atoms with E-state index >= 15 is 0 Å². The molecule has 1 aliphatic rings. The second kappa shape index (κ2) is 6.08. The van der Waals surface area contributed by atoms with Gasteiger partial charge in [0.1, 0.15) is 0 Å². The van der Waals surface area contributed by atoms with Crippen LogP contribution in [0.25, 0.3) is 0 Å². The van der Waals surface area contributed by atoms with Crippen LogP contribution in [0.2, 0.25) is 0 Å². The van der Waals surface area contributed by atoms with Gasteiger partial charge in [-0.3, -0.25) is 10.1 Å². The smallest absolute Gasteiger partial charge is 0.339 e. The first-order valence-corrected chi connectivity index (χ1v) is 7.08. The van der Waals surface area contributed by atoms with Crippen LogP contribution in [0.3, 0.4) is 0 Å². The monoisotopic (exact) mass is 280 g/mol. The second-order valence-electron chi connectivity index (χ2n) is 4.30. The average Bonchev–Trinajstić information content (AvgIpc) is 2.94. The minimum atomic E-state index is -0.451. The fourth-order valence-corrected chi connectivity index (χ4v) is 2.77. The Kier molecular flexibility index (Phi) is 4.44. The van der Waals surface area contributed by atoms with Crippen LogP contribution in [0.4, 0.5) is 5.69 Å². The maximum atomic E-state index is 12.0. The van der Waals surface area contributed by atoms with Crippen LogP contribution in [0.15, 0.2) is 18.2 Å². The molecule has 0 aromatic heterocycles. The highest BCUT2D eigenvalue weighted by atomic mass is 32.2. The van der Waals surface area contributed by atoms with E-state index in [9.17, 15) is 9.59 Å². The molecule has 0 spiro atoms. The summed E-state index contributed by atoms with van der Waals surface area (Å²) in [5.41, 5.74) is 1.80. The minimum Gasteiger partial charge on any atom is -0.465 e. The third-order valence-corrected chi connectivity index (χ3v) is 3.81. The molecule has 2 rings (SSSR count). The number of carbonyl (C=O) groups excluding carboxylic acids is 2. The number of ether oxygens (including phenoxy) is 1. The number of carbonyl (C=O) groups is 2. The standard InChI is InChI=1S/C13H16N2O3S/c1-8-3-4-10(9(5-8)13(17)18-2)15-12(16)11-6-19-7-14-11/h3-5,11,14H,6-7H2,1-2H3,(H,15,16). The summed E-state index contributed by atoms with van der Waals surface area (Å²) in [5, 5.41) is 5.86.